The monoisotopic (exact) mass is 598 g/mol. The van der Waals surface area contributed by atoms with Gasteiger partial charge in [0.2, 0.25) is 0 Å². The van der Waals surface area contributed by atoms with Crippen LogP contribution < -0.4 is 24.4 Å². The van der Waals surface area contributed by atoms with Crippen molar-refractivity contribution in [3.63, 3.8) is 0 Å². The van der Waals surface area contributed by atoms with E-state index in [0.29, 0.717) is 59.2 Å². The zero-order valence-electron chi connectivity index (χ0n) is 22.0. The number of ether oxygens (including phenoxy) is 3. The Bertz CT molecular complexity index is 1840. The highest BCUT2D eigenvalue weighted by Crippen LogP contribution is 2.36. The second-order valence-corrected chi connectivity index (χ2v) is 10.6. The lowest BCUT2D eigenvalue weighted by molar-refractivity contribution is -0.139. The highest BCUT2D eigenvalue weighted by Gasteiger charge is 2.34. The fourth-order valence-corrected chi connectivity index (χ4v) is 6.05. The third-order valence-corrected chi connectivity index (χ3v) is 7.87. The zero-order valence-corrected chi connectivity index (χ0v) is 24.3. The molecule has 4 aromatic rings. The second kappa shape index (κ2) is 11.4. The van der Waals surface area contributed by atoms with Crippen LogP contribution in [0.1, 0.15) is 31.2 Å². The predicted molar refractivity (Wildman–Crippen MR) is 154 cm³/mol. The summed E-state index contributed by atoms with van der Waals surface area (Å²) in [7, 11) is 3.06. The minimum atomic E-state index is -0.794. The fraction of sp³-hybridized carbons (Fsp3) is 0.207. The molecule has 0 bridgehead atoms. The quantitative estimate of drug-likeness (QED) is 0.265. The third kappa shape index (κ3) is 5.08. The summed E-state index contributed by atoms with van der Waals surface area (Å²) >= 11 is 13.6. The van der Waals surface area contributed by atoms with Gasteiger partial charge in [-0.3, -0.25) is 9.36 Å². The van der Waals surface area contributed by atoms with Crippen molar-refractivity contribution in [3.8, 4) is 22.8 Å². The Morgan fingerprint density at radius 2 is 1.88 bits per heavy atom. The van der Waals surface area contributed by atoms with Crippen LogP contribution in [0.25, 0.3) is 17.4 Å². The van der Waals surface area contributed by atoms with E-state index in [1.165, 1.54) is 30.1 Å². The van der Waals surface area contributed by atoms with Gasteiger partial charge in [0.15, 0.2) is 16.3 Å². The molecule has 0 radical (unpaired) electrons. The van der Waals surface area contributed by atoms with Crippen LogP contribution >= 0.6 is 34.5 Å². The van der Waals surface area contributed by atoms with Gasteiger partial charge in [-0.1, -0.05) is 40.6 Å². The number of furan rings is 1. The Hall–Kier alpha value is -3.79. The molecule has 0 saturated carbocycles. The lowest BCUT2D eigenvalue weighted by Gasteiger charge is -2.25. The molecule has 0 unspecified atom stereocenters. The number of hydrogen-bond acceptors (Lipinski definition) is 8. The van der Waals surface area contributed by atoms with Crippen LogP contribution in [0.4, 0.5) is 0 Å². The van der Waals surface area contributed by atoms with Crippen molar-refractivity contribution in [2.75, 3.05) is 20.8 Å². The van der Waals surface area contributed by atoms with Crippen molar-refractivity contribution in [3.05, 3.63) is 101 Å². The Labute approximate surface area is 243 Å². The highest BCUT2D eigenvalue weighted by atomic mass is 35.5. The molecule has 206 valence electrons. The van der Waals surface area contributed by atoms with E-state index in [-0.39, 0.29) is 17.7 Å². The van der Waals surface area contributed by atoms with E-state index >= 15 is 0 Å². The third-order valence-electron chi connectivity index (χ3n) is 6.34. The summed E-state index contributed by atoms with van der Waals surface area (Å²) in [5, 5.41) is 0.966. The number of aromatic nitrogens is 1. The van der Waals surface area contributed by atoms with E-state index < -0.39 is 12.0 Å². The van der Waals surface area contributed by atoms with Crippen molar-refractivity contribution in [1.29, 1.82) is 0 Å². The zero-order chi connectivity index (χ0) is 28.6. The lowest BCUT2D eigenvalue weighted by Crippen LogP contribution is -2.39. The van der Waals surface area contributed by atoms with Gasteiger partial charge in [-0.05, 0) is 61.9 Å². The number of esters is 1. The molecule has 0 amide bonds. The summed E-state index contributed by atoms with van der Waals surface area (Å²) in [6.07, 6.45) is 1.65. The van der Waals surface area contributed by atoms with Gasteiger partial charge in [0, 0.05) is 16.7 Å². The number of benzene rings is 2. The number of carbonyl (C=O) groups is 1. The standard InChI is InChI=1S/C29H24Cl2N2O6S/c1-5-38-28(35)25-15(2)32-29-33(26(25)16-6-10-22(36-3)23(12-16)37-4)27(34)24(40-29)14-18-8-11-21(39-18)19-9-7-17(30)13-20(19)31/h6-14,26H,5H2,1-4H3/b24-14+/t26-/m1/s1. The van der Waals surface area contributed by atoms with Gasteiger partial charge in [-0.15, -0.1) is 0 Å². The van der Waals surface area contributed by atoms with Crippen LogP contribution in [0.2, 0.25) is 10.0 Å². The molecule has 0 saturated heterocycles. The van der Waals surface area contributed by atoms with E-state index in [1.54, 1.807) is 68.5 Å². The Balaban J connectivity index is 1.65. The number of allylic oxidation sites excluding steroid dienone is 1. The molecule has 40 heavy (non-hydrogen) atoms. The van der Waals surface area contributed by atoms with Crippen molar-refractivity contribution in [2.45, 2.75) is 19.9 Å². The minimum Gasteiger partial charge on any atom is -0.493 e. The molecule has 1 aliphatic rings. The number of thiazole rings is 1. The van der Waals surface area contributed by atoms with Gasteiger partial charge >= 0.3 is 5.97 Å². The summed E-state index contributed by atoms with van der Waals surface area (Å²) in [6.45, 7) is 3.63. The molecule has 2 aromatic heterocycles. The van der Waals surface area contributed by atoms with Crippen LogP contribution in [0.15, 0.2) is 74.0 Å². The molecule has 0 fully saturated rings. The maximum Gasteiger partial charge on any atom is 0.338 e. The SMILES string of the molecule is CCOC(=O)C1=C(C)N=c2s/c(=C/c3ccc(-c4ccc(Cl)cc4Cl)o3)c(=O)n2[C@@H]1c1ccc(OC)c(OC)c1. The number of nitrogens with zero attached hydrogens (tertiary/aromatic N) is 2. The van der Waals surface area contributed by atoms with Crippen molar-refractivity contribution < 1.29 is 23.4 Å². The lowest BCUT2D eigenvalue weighted by atomic mass is 9.95. The first-order valence-electron chi connectivity index (χ1n) is 12.2. The average Bonchev–Trinajstić information content (AvgIpc) is 3.51. The smallest absolute Gasteiger partial charge is 0.338 e. The molecule has 8 nitrogen and oxygen atoms in total. The normalized spacial score (nSPS) is 15.1. The van der Waals surface area contributed by atoms with Crippen LogP contribution in [0.3, 0.4) is 0 Å². The van der Waals surface area contributed by atoms with Crippen molar-refractivity contribution >= 4 is 46.6 Å². The van der Waals surface area contributed by atoms with Crippen LogP contribution in [0.5, 0.6) is 11.5 Å². The van der Waals surface area contributed by atoms with Gasteiger partial charge < -0.3 is 18.6 Å². The first kappa shape index (κ1) is 27.8. The maximum atomic E-state index is 13.9. The predicted octanol–water partition coefficient (Wildman–Crippen LogP) is 5.38. The first-order chi connectivity index (χ1) is 19.2. The Kier molecular flexibility index (Phi) is 7.89. The van der Waals surface area contributed by atoms with Crippen LogP contribution in [-0.4, -0.2) is 31.4 Å². The van der Waals surface area contributed by atoms with E-state index in [0.717, 1.165) is 0 Å². The van der Waals surface area contributed by atoms with Crippen LogP contribution in [0, 0.1) is 0 Å². The summed E-state index contributed by atoms with van der Waals surface area (Å²) in [6, 6.07) is 13.1. The minimum absolute atomic E-state index is 0.178. The van der Waals surface area contributed by atoms with Gasteiger partial charge in [-0.2, -0.15) is 0 Å². The molecule has 0 aliphatic carbocycles. The van der Waals surface area contributed by atoms with Gasteiger partial charge in [0.1, 0.15) is 11.5 Å². The van der Waals surface area contributed by atoms with Gasteiger partial charge in [0.25, 0.3) is 5.56 Å². The van der Waals surface area contributed by atoms with E-state index in [4.69, 9.17) is 41.8 Å². The second-order valence-electron chi connectivity index (χ2n) is 8.74. The Morgan fingerprint density at radius 1 is 1.10 bits per heavy atom. The largest absolute Gasteiger partial charge is 0.493 e. The summed E-state index contributed by atoms with van der Waals surface area (Å²) in [5.41, 5.74) is 1.71. The molecular weight excluding hydrogens is 575 g/mol. The van der Waals surface area contributed by atoms with E-state index in [1.807, 2.05) is 0 Å². The highest BCUT2D eigenvalue weighted by molar-refractivity contribution is 7.07. The number of hydrogen-bond donors (Lipinski definition) is 0. The molecule has 0 N–H and O–H groups in total. The summed E-state index contributed by atoms with van der Waals surface area (Å²) in [4.78, 5) is 32.0. The molecule has 1 aliphatic heterocycles. The van der Waals surface area contributed by atoms with Crippen LogP contribution in [-0.2, 0) is 9.53 Å². The number of fused-ring (bicyclic) bond motifs is 1. The molecule has 0 spiro atoms. The number of halogens is 2. The van der Waals surface area contributed by atoms with E-state index in [2.05, 4.69) is 4.99 Å². The molecule has 11 heteroatoms. The molecular formula is C29H24Cl2N2O6S. The molecule has 1 atom stereocenters. The average molecular weight is 599 g/mol. The van der Waals surface area contributed by atoms with Gasteiger partial charge in [0.05, 0.1) is 47.7 Å². The topological polar surface area (TPSA) is 92.3 Å². The first-order valence-corrected chi connectivity index (χ1v) is 13.8. The molecule has 3 heterocycles. The van der Waals surface area contributed by atoms with Crippen molar-refractivity contribution in [1.82, 2.24) is 4.57 Å². The summed E-state index contributed by atoms with van der Waals surface area (Å²) < 4.78 is 24.1. The molecule has 2 aromatic carbocycles. The molecule has 5 rings (SSSR count). The maximum absolute atomic E-state index is 13.9. The fourth-order valence-electron chi connectivity index (χ4n) is 4.52. The Morgan fingerprint density at radius 3 is 2.58 bits per heavy atom. The van der Waals surface area contributed by atoms with E-state index in [9.17, 15) is 9.59 Å². The number of carbonyl (C=O) groups excluding carboxylic acids is 1. The van der Waals surface area contributed by atoms with Gasteiger partial charge in [-0.25, -0.2) is 9.79 Å². The number of rotatable bonds is 7. The van der Waals surface area contributed by atoms with Crippen molar-refractivity contribution in [2.24, 2.45) is 4.99 Å². The summed E-state index contributed by atoms with van der Waals surface area (Å²) in [5.74, 6) is 1.42. The number of methoxy groups -OCH3 is 2.